The third-order valence-electron chi connectivity index (χ3n) is 2.98. The SMILES string of the molecule is O=C(CCN1CCSC1=O)NCc1cc(C(=O)O)ccn1. The maximum atomic E-state index is 11.7. The second-order valence-electron chi connectivity index (χ2n) is 4.47. The van der Waals surface area contributed by atoms with Gasteiger partial charge >= 0.3 is 5.97 Å². The third kappa shape index (κ3) is 4.45. The molecule has 2 rings (SSSR count). The minimum absolute atomic E-state index is 0.0126. The summed E-state index contributed by atoms with van der Waals surface area (Å²) in [7, 11) is 0. The molecule has 1 saturated heterocycles. The van der Waals surface area contributed by atoms with Gasteiger partial charge in [-0.15, -0.1) is 0 Å². The highest BCUT2D eigenvalue weighted by Crippen LogP contribution is 2.16. The molecule has 1 aliphatic heterocycles. The van der Waals surface area contributed by atoms with Gasteiger partial charge in [0.05, 0.1) is 17.8 Å². The van der Waals surface area contributed by atoms with Crippen LogP contribution in [0.1, 0.15) is 22.5 Å². The molecule has 1 aliphatic rings. The summed E-state index contributed by atoms with van der Waals surface area (Å²) in [6.45, 7) is 1.25. The molecule has 0 radical (unpaired) electrons. The molecule has 1 fully saturated rings. The number of aromatic carboxylic acids is 1. The number of hydrogen-bond donors (Lipinski definition) is 2. The first-order valence-corrected chi connectivity index (χ1v) is 7.41. The lowest BCUT2D eigenvalue weighted by atomic mass is 10.2. The van der Waals surface area contributed by atoms with E-state index in [1.54, 1.807) is 4.90 Å². The number of nitrogens with zero attached hydrogens (tertiary/aromatic N) is 2. The summed E-state index contributed by atoms with van der Waals surface area (Å²) >= 11 is 1.26. The van der Waals surface area contributed by atoms with Gasteiger partial charge in [-0.05, 0) is 12.1 Å². The largest absolute Gasteiger partial charge is 0.478 e. The average Bonchev–Trinajstić information content (AvgIpc) is 2.88. The van der Waals surface area contributed by atoms with Crippen molar-refractivity contribution in [3.8, 4) is 0 Å². The minimum atomic E-state index is -1.03. The fraction of sp³-hybridized carbons (Fsp3) is 0.385. The van der Waals surface area contributed by atoms with Crippen LogP contribution in [-0.2, 0) is 11.3 Å². The van der Waals surface area contributed by atoms with Crippen molar-refractivity contribution in [1.29, 1.82) is 0 Å². The standard InChI is InChI=1S/C13H15N3O4S/c17-11(2-4-16-5-6-21-13(16)20)15-8-10-7-9(12(18)19)1-3-14-10/h1,3,7H,2,4-6,8H2,(H,15,17)(H,18,19). The summed E-state index contributed by atoms with van der Waals surface area (Å²) in [5.74, 6) is -0.455. The molecule has 2 heterocycles. The van der Waals surface area contributed by atoms with E-state index < -0.39 is 5.97 Å². The molecule has 0 saturated carbocycles. The summed E-state index contributed by atoms with van der Waals surface area (Å²) < 4.78 is 0. The number of carbonyl (C=O) groups is 3. The van der Waals surface area contributed by atoms with Crippen LogP contribution in [0, 0.1) is 0 Å². The maximum absolute atomic E-state index is 11.7. The summed E-state index contributed by atoms with van der Waals surface area (Å²) in [4.78, 5) is 39.5. The van der Waals surface area contributed by atoms with Crippen molar-refractivity contribution < 1.29 is 19.5 Å². The molecule has 0 bridgehead atoms. The molecule has 8 heteroatoms. The molecule has 2 amide bonds. The number of hydrogen-bond acceptors (Lipinski definition) is 5. The zero-order chi connectivity index (χ0) is 15.2. The van der Waals surface area contributed by atoms with Gasteiger partial charge in [-0.25, -0.2) is 4.79 Å². The Kier molecular flexibility index (Phi) is 5.15. The van der Waals surface area contributed by atoms with E-state index in [4.69, 9.17) is 5.11 Å². The number of aromatic nitrogens is 1. The van der Waals surface area contributed by atoms with Crippen molar-refractivity contribution in [3.63, 3.8) is 0 Å². The predicted molar refractivity (Wildman–Crippen MR) is 77.1 cm³/mol. The Morgan fingerprint density at radius 3 is 2.95 bits per heavy atom. The topological polar surface area (TPSA) is 99.6 Å². The lowest BCUT2D eigenvalue weighted by Gasteiger charge is -2.13. The number of nitrogens with one attached hydrogen (secondary N) is 1. The van der Waals surface area contributed by atoms with Crippen molar-refractivity contribution in [3.05, 3.63) is 29.6 Å². The second-order valence-corrected chi connectivity index (χ2v) is 5.52. The van der Waals surface area contributed by atoms with E-state index in [1.807, 2.05) is 0 Å². The van der Waals surface area contributed by atoms with E-state index in [1.165, 1.54) is 30.1 Å². The normalized spacial score (nSPS) is 14.3. The van der Waals surface area contributed by atoms with E-state index >= 15 is 0 Å². The molecule has 1 aromatic heterocycles. The van der Waals surface area contributed by atoms with Crippen LogP contribution >= 0.6 is 11.8 Å². The number of carboxylic acids is 1. The Hall–Kier alpha value is -2.09. The van der Waals surface area contributed by atoms with Crippen LogP contribution in [0.15, 0.2) is 18.3 Å². The van der Waals surface area contributed by atoms with Gasteiger partial charge in [0, 0.05) is 31.5 Å². The predicted octanol–water partition coefficient (Wildman–Crippen LogP) is 0.955. The highest BCUT2D eigenvalue weighted by Gasteiger charge is 2.21. The van der Waals surface area contributed by atoms with Gasteiger partial charge in [0.25, 0.3) is 5.24 Å². The molecule has 1 aromatic rings. The van der Waals surface area contributed by atoms with Crippen molar-refractivity contribution in [2.24, 2.45) is 0 Å². The van der Waals surface area contributed by atoms with Gasteiger partial charge in [0.1, 0.15) is 0 Å². The van der Waals surface area contributed by atoms with Crippen LogP contribution in [0.4, 0.5) is 4.79 Å². The van der Waals surface area contributed by atoms with E-state index in [-0.39, 0.29) is 29.7 Å². The summed E-state index contributed by atoms with van der Waals surface area (Å²) in [5, 5.41) is 11.5. The van der Waals surface area contributed by atoms with E-state index in [2.05, 4.69) is 10.3 Å². The van der Waals surface area contributed by atoms with Crippen molar-refractivity contribution in [1.82, 2.24) is 15.2 Å². The van der Waals surface area contributed by atoms with Crippen LogP contribution < -0.4 is 5.32 Å². The zero-order valence-electron chi connectivity index (χ0n) is 11.2. The highest BCUT2D eigenvalue weighted by atomic mass is 32.2. The van der Waals surface area contributed by atoms with Crippen LogP contribution in [0.5, 0.6) is 0 Å². The number of carbonyl (C=O) groups excluding carboxylic acids is 2. The third-order valence-corrected chi connectivity index (χ3v) is 3.88. The number of carboxylic acid groups (broad SMARTS) is 1. The molecule has 0 aliphatic carbocycles. The first-order chi connectivity index (χ1) is 10.1. The number of rotatable bonds is 6. The van der Waals surface area contributed by atoms with Crippen molar-refractivity contribution in [2.45, 2.75) is 13.0 Å². The molecular formula is C13H15N3O4S. The first kappa shape index (κ1) is 15.3. The number of amides is 2. The van der Waals surface area contributed by atoms with Crippen LogP contribution in [0.2, 0.25) is 0 Å². The molecular weight excluding hydrogens is 294 g/mol. The van der Waals surface area contributed by atoms with Gasteiger partial charge in [-0.2, -0.15) is 0 Å². The Morgan fingerprint density at radius 2 is 2.29 bits per heavy atom. The summed E-state index contributed by atoms with van der Waals surface area (Å²) in [6.07, 6.45) is 1.62. The quantitative estimate of drug-likeness (QED) is 0.812. The van der Waals surface area contributed by atoms with Gasteiger partial charge in [0.15, 0.2) is 0 Å². The van der Waals surface area contributed by atoms with E-state index in [0.717, 1.165) is 5.75 Å². The van der Waals surface area contributed by atoms with Crippen molar-refractivity contribution >= 4 is 28.9 Å². The van der Waals surface area contributed by atoms with Gasteiger partial charge in [-0.1, -0.05) is 11.8 Å². The molecule has 7 nitrogen and oxygen atoms in total. The lowest BCUT2D eigenvalue weighted by Crippen LogP contribution is -2.30. The van der Waals surface area contributed by atoms with E-state index in [0.29, 0.717) is 18.8 Å². The monoisotopic (exact) mass is 309 g/mol. The van der Waals surface area contributed by atoms with Crippen molar-refractivity contribution in [2.75, 3.05) is 18.8 Å². The Labute approximate surface area is 125 Å². The van der Waals surface area contributed by atoms with Crippen LogP contribution in [0.3, 0.4) is 0 Å². The van der Waals surface area contributed by atoms with Gasteiger partial charge in [0.2, 0.25) is 5.91 Å². The van der Waals surface area contributed by atoms with Crippen LogP contribution in [-0.4, -0.2) is 50.9 Å². The highest BCUT2D eigenvalue weighted by molar-refractivity contribution is 8.13. The second kappa shape index (κ2) is 7.07. The lowest BCUT2D eigenvalue weighted by molar-refractivity contribution is -0.121. The Balaban J connectivity index is 1.77. The summed E-state index contributed by atoms with van der Waals surface area (Å²) in [5.41, 5.74) is 0.616. The molecule has 0 atom stereocenters. The maximum Gasteiger partial charge on any atom is 0.335 e. The molecule has 21 heavy (non-hydrogen) atoms. The number of pyridine rings is 1. The summed E-state index contributed by atoms with van der Waals surface area (Å²) in [6, 6.07) is 2.81. The van der Waals surface area contributed by atoms with Crippen LogP contribution in [0.25, 0.3) is 0 Å². The number of thioether (sulfide) groups is 1. The fourth-order valence-corrected chi connectivity index (χ4v) is 2.70. The van der Waals surface area contributed by atoms with E-state index in [9.17, 15) is 14.4 Å². The van der Waals surface area contributed by atoms with Gasteiger partial charge in [-0.3, -0.25) is 14.6 Å². The molecule has 0 unspecified atom stereocenters. The van der Waals surface area contributed by atoms with Gasteiger partial charge < -0.3 is 15.3 Å². The fourth-order valence-electron chi connectivity index (χ4n) is 1.85. The smallest absolute Gasteiger partial charge is 0.335 e. The zero-order valence-corrected chi connectivity index (χ0v) is 12.1. The molecule has 0 spiro atoms. The molecule has 2 N–H and O–H groups in total. The minimum Gasteiger partial charge on any atom is -0.478 e. The molecule has 112 valence electrons. The molecule has 0 aromatic carbocycles. The first-order valence-electron chi connectivity index (χ1n) is 6.43. The average molecular weight is 309 g/mol. The Bertz CT molecular complexity index is 564. The Morgan fingerprint density at radius 1 is 1.48 bits per heavy atom.